The number of aliphatic hydroxyl groups excluding tert-OH is 1. The highest BCUT2D eigenvalue weighted by Gasteiger charge is 2.39. The topological polar surface area (TPSA) is 100 Å². The van der Waals surface area contributed by atoms with Gasteiger partial charge in [0.05, 0.1) is 46.9 Å². The van der Waals surface area contributed by atoms with Crippen molar-refractivity contribution in [3.63, 3.8) is 0 Å². The number of thioether (sulfide) groups is 1. The van der Waals surface area contributed by atoms with E-state index in [1.54, 1.807) is 49.9 Å². The van der Waals surface area contributed by atoms with E-state index in [0.29, 0.717) is 45.7 Å². The molecule has 46 heavy (non-hydrogen) atoms. The van der Waals surface area contributed by atoms with E-state index in [1.807, 2.05) is 0 Å². The number of rotatable bonds is 4. The van der Waals surface area contributed by atoms with E-state index in [1.165, 1.54) is 15.8 Å². The first-order chi connectivity index (χ1) is 21.4. The summed E-state index contributed by atoms with van der Waals surface area (Å²) in [6, 6.07) is 5.90. The van der Waals surface area contributed by atoms with Gasteiger partial charge in [-0.1, -0.05) is 12.1 Å². The van der Waals surface area contributed by atoms with Crippen LogP contribution in [-0.4, -0.2) is 79.7 Å². The van der Waals surface area contributed by atoms with Crippen LogP contribution in [-0.2, 0) is 28.4 Å². The second-order valence-corrected chi connectivity index (χ2v) is 12.8. The molecule has 3 aromatic rings. The van der Waals surface area contributed by atoms with Crippen LogP contribution in [0.4, 0.5) is 31.1 Å². The van der Waals surface area contributed by atoms with Crippen LogP contribution in [0.15, 0.2) is 52.5 Å². The molecular formula is C30H29F6N5O4S. The predicted molar refractivity (Wildman–Crippen MR) is 159 cm³/mol. The average molecular weight is 670 g/mol. The normalized spacial score (nSPS) is 18.9. The second kappa shape index (κ2) is 12.3. The monoisotopic (exact) mass is 669 g/mol. The van der Waals surface area contributed by atoms with Crippen LogP contribution in [0.5, 0.6) is 0 Å². The third-order valence-corrected chi connectivity index (χ3v) is 8.25. The fourth-order valence-corrected chi connectivity index (χ4v) is 6.08. The van der Waals surface area contributed by atoms with Crippen LogP contribution >= 0.6 is 11.8 Å². The first-order valence-corrected chi connectivity index (χ1v) is 14.9. The van der Waals surface area contributed by atoms with Crippen LogP contribution in [0.2, 0.25) is 0 Å². The summed E-state index contributed by atoms with van der Waals surface area (Å²) in [6.07, 6.45) is -7.42. The van der Waals surface area contributed by atoms with Crippen LogP contribution in [0.3, 0.4) is 0 Å². The first-order valence-electron chi connectivity index (χ1n) is 14.0. The molecule has 0 radical (unpaired) electrons. The summed E-state index contributed by atoms with van der Waals surface area (Å²) in [7, 11) is 0. The summed E-state index contributed by atoms with van der Waals surface area (Å²) in [4.78, 5) is 33.0. The van der Waals surface area contributed by atoms with Crippen molar-refractivity contribution < 1.29 is 45.8 Å². The Morgan fingerprint density at radius 3 is 2.46 bits per heavy atom. The molecule has 1 fully saturated rings. The van der Waals surface area contributed by atoms with Gasteiger partial charge in [0, 0.05) is 25.0 Å². The van der Waals surface area contributed by atoms with E-state index < -0.39 is 53.7 Å². The lowest BCUT2D eigenvalue weighted by Gasteiger charge is -2.41. The number of carbonyl (C=O) groups is 2. The molecule has 0 bridgehead atoms. The maximum absolute atomic E-state index is 13.6. The number of nitrogens with zero attached hydrogens (tertiary/aromatic N) is 5. The number of ether oxygens (including phenoxy) is 1. The van der Waals surface area contributed by atoms with Crippen molar-refractivity contribution >= 4 is 45.9 Å². The zero-order valence-electron chi connectivity index (χ0n) is 24.8. The summed E-state index contributed by atoms with van der Waals surface area (Å²) >= 11 is 1.11. The van der Waals surface area contributed by atoms with Crippen molar-refractivity contribution in [3.05, 3.63) is 69.8 Å². The molecule has 0 aliphatic carbocycles. The van der Waals surface area contributed by atoms with E-state index in [2.05, 4.69) is 10.1 Å². The Labute approximate surface area is 263 Å². The summed E-state index contributed by atoms with van der Waals surface area (Å²) in [5.74, 6) is -0.496. The number of benzene rings is 2. The van der Waals surface area contributed by atoms with Gasteiger partial charge < -0.3 is 19.6 Å². The Morgan fingerprint density at radius 1 is 1.07 bits per heavy atom. The van der Waals surface area contributed by atoms with Crippen molar-refractivity contribution in [2.24, 2.45) is 4.99 Å². The zero-order valence-corrected chi connectivity index (χ0v) is 25.6. The van der Waals surface area contributed by atoms with E-state index >= 15 is 0 Å². The molecule has 1 saturated heterocycles. The lowest BCUT2D eigenvalue weighted by Crippen LogP contribution is -2.57. The molecule has 9 nitrogen and oxygen atoms in total. The quantitative estimate of drug-likeness (QED) is 0.269. The fourth-order valence-electron chi connectivity index (χ4n) is 5.07. The minimum Gasteiger partial charge on any atom is -0.444 e. The van der Waals surface area contributed by atoms with Crippen LogP contribution in [0, 0.1) is 0 Å². The highest BCUT2D eigenvalue weighted by molar-refractivity contribution is 8.18. The fraction of sp³-hybridized carbons (Fsp3) is 0.400. The minimum atomic E-state index is -5.01. The number of amidine groups is 1. The third kappa shape index (κ3) is 7.33. The van der Waals surface area contributed by atoms with Gasteiger partial charge in [-0.05, 0) is 74.0 Å². The average Bonchev–Trinajstić information content (AvgIpc) is 3.53. The molecule has 2 amide bonds. The number of hydrogen-bond donors (Lipinski definition) is 1. The van der Waals surface area contributed by atoms with Gasteiger partial charge in [0.2, 0.25) is 0 Å². The molecular weight excluding hydrogens is 640 g/mol. The van der Waals surface area contributed by atoms with Gasteiger partial charge in [0.1, 0.15) is 5.60 Å². The number of fused-ring (bicyclic) bond motifs is 1. The first kappa shape index (κ1) is 33.3. The van der Waals surface area contributed by atoms with Gasteiger partial charge >= 0.3 is 18.4 Å². The van der Waals surface area contributed by atoms with Gasteiger partial charge in [-0.3, -0.25) is 9.48 Å². The lowest BCUT2D eigenvalue weighted by molar-refractivity contribution is -0.143. The predicted octanol–water partition coefficient (Wildman–Crippen LogP) is 6.01. The van der Waals surface area contributed by atoms with E-state index in [-0.39, 0.29) is 24.8 Å². The molecule has 5 rings (SSSR count). The van der Waals surface area contributed by atoms with E-state index in [4.69, 9.17) is 4.74 Å². The maximum atomic E-state index is 13.6. The largest absolute Gasteiger partial charge is 0.444 e. The van der Waals surface area contributed by atoms with Crippen molar-refractivity contribution in [3.8, 4) is 0 Å². The van der Waals surface area contributed by atoms with Crippen molar-refractivity contribution in [2.45, 2.75) is 51.3 Å². The molecule has 1 atom stereocenters. The number of aromatic nitrogens is 2. The molecule has 2 aliphatic rings. The van der Waals surface area contributed by atoms with Gasteiger partial charge in [-0.25, -0.2) is 4.79 Å². The highest BCUT2D eigenvalue weighted by Crippen LogP contribution is 2.38. The van der Waals surface area contributed by atoms with Crippen LogP contribution < -0.4 is 0 Å². The molecule has 1 N–H and O–H groups in total. The second-order valence-electron chi connectivity index (χ2n) is 11.8. The molecule has 1 aromatic heterocycles. The van der Waals surface area contributed by atoms with Gasteiger partial charge in [0.25, 0.3) is 5.91 Å². The SMILES string of the molecule is CC(C)(C)OC(=O)N1CCN(C2=NC(=O)C(=Cc3ccc4c(cnn4Cc4ccc(C(F)(F)F)cc4C(F)(F)F)c3)S2)C(CO)C1. The number of piperazine rings is 1. The third-order valence-electron chi connectivity index (χ3n) is 7.23. The number of aliphatic hydroxyl groups is 1. The van der Waals surface area contributed by atoms with E-state index in [9.17, 15) is 41.0 Å². The van der Waals surface area contributed by atoms with Crippen LogP contribution in [0.1, 0.15) is 43.0 Å². The summed E-state index contributed by atoms with van der Waals surface area (Å²) in [5, 5.41) is 15.1. The number of halogens is 6. The molecule has 1 unspecified atom stereocenters. The summed E-state index contributed by atoms with van der Waals surface area (Å²) in [6.45, 7) is 5.36. The van der Waals surface area contributed by atoms with Crippen molar-refractivity contribution in [1.29, 1.82) is 0 Å². The number of amides is 2. The maximum Gasteiger partial charge on any atom is 0.416 e. The lowest BCUT2D eigenvalue weighted by atomic mass is 10.0. The molecule has 3 heterocycles. The molecule has 16 heteroatoms. The van der Waals surface area contributed by atoms with Crippen LogP contribution in [0.25, 0.3) is 17.0 Å². The minimum absolute atomic E-state index is 0.0988. The van der Waals surface area contributed by atoms with Gasteiger partial charge in [-0.2, -0.15) is 36.4 Å². The Hall–Kier alpha value is -4.05. The Bertz CT molecular complexity index is 1730. The smallest absolute Gasteiger partial charge is 0.416 e. The highest BCUT2D eigenvalue weighted by atomic mass is 32.2. The zero-order chi connectivity index (χ0) is 33.6. The number of carbonyl (C=O) groups excluding carboxylic acids is 2. The number of aliphatic imine (C=N–C) groups is 1. The van der Waals surface area contributed by atoms with E-state index in [0.717, 1.165) is 17.8 Å². The Kier molecular flexibility index (Phi) is 8.90. The molecule has 0 spiro atoms. The van der Waals surface area contributed by atoms with Gasteiger partial charge in [-0.15, -0.1) is 0 Å². The number of hydrogen-bond acceptors (Lipinski definition) is 7. The molecule has 2 aromatic carbocycles. The van der Waals surface area contributed by atoms with Crippen molar-refractivity contribution in [2.75, 3.05) is 26.2 Å². The molecule has 246 valence electrons. The Balaban J connectivity index is 1.31. The standard InChI is InChI=1S/C30H29F6N5O4S/c1-28(2,3)45-27(44)39-8-9-40(21(15-39)16-42)26-38-25(43)24(46-26)11-17-4-7-23-19(10-17)13-37-41(23)14-18-5-6-20(29(31,32)33)12-22(18)30(34,35)36/h4-7,10-13,21,42H,8-9,14-16H2,1-3H3. The van der Waals surface area contributed by atoms with Gasteiger partial charge in [0.15, 0.2) is 5.17 Å². The molecule has 2 aliphatic heterocycles. The summed E-state index contributed by atoms with van der Waals surface area (Å²) in [5.41, 5.74) is -2.82. The van der Waals surface area contributed by atoms with Crippen molar-refractivity contribution in [1.82, 2.24) is 19.6 Å². The Morgan fingerprint density at radius 2 is 1.80 bits per heavy atom. The molecule has 0 saturated carbocycles. The number of alkyl halides is 6. The summed E-state index contributed by atoms with van der Waals surface area (Å²) < 4.78 is 86.8.